The Kier molecular flexibility index (Phi) is 6.47. The van der Waals surface area contributed by atoms with E-state index in [2.05, 4.69) is 0 Å². The molecule has 1 fully saturated rings. The van der Waals surface area contributed by atoms with Crippen LogP contribution >= 0.6 is 0 Å². The van der Waals surface area contributed by atoms with Crippen molar-refractivity contribution in [2.45, 2.75) is 44.4 Å². The monoisotopic (exact) mass is 407 g/mol. The van der Waals surface area contributed by atoms with E-state index in [0.29, 0.717) is 30.9 Å². The highest BCUT2D eigenvalue weighted by molar-refractivity contribution is 5.73. The maximum Gasteiger partial charge on any atom is 0.416 e. The van der Waals surface area contributed by atoms with Crippen LogP contribution in [0.25, 0.3) is 0 Å². The summed E-state index contributed by atoms with van der Waals surface area (Å²) in [5, 5.41) is 9.73. The van der Waals surface area contributed by atoms with Gasteiger partial charge in [0.15, 0.2) is 0 Å². The molecule has 1 N–H and O–H groups in total. The number of alkyl halides is 3. The van der Waals surface area contributed by atoms with Crippen LogP contribution in [0.1, 0.15) is 48.9 Å². The van der Waals surface area contributed by atoms with Gasteiger partial charge in [-0.1, -0.05) is 30.7 Å². The van der Waals surface area contributed by atoms with Gasteiger partial charge in [-0.25, -0.2) is 0 Å². The van der Waals surface area contributed by atoms with Crippen LogP contribution in [0.15, 0.2) is 48.5 Å². The smallest absolute Gasteiger partial charge is 0.416 e. The molecule has 1 aliphatic heterocycles. The highest BCUT2D eigenvalue weighted by Gasteiger charge is 2.36. The Balaban J connectivity index is 2.06. The number of carbonyl (C=O) groups is 1. The van der Waals surface area contributed by atoms with Gasteiger partial charge in [-0.15, -0.1) is 0 Å². The number of benzene rings is 2. The van der Waals surface area contributed by atoms with Crippen LogP contribution in [0.2, 0.25) is 0 Å². The third kappa shape index (κ3) is 4.90. The maximum atomic E-state index is 13.0. The Morgan fingerprint density at radius 1 is 1.17 bits per heavy atom. The van der Waals surface area contributed by atoms with Crippen molar-refractivity contribution in [1.82, 2.24) is 4.90 Å². The molecular weight excluding hydrogens is 383 g/mol. The second-order valence-corrected chi connectivity index (χ2v) is 7.12. The van der Waals surface area contributed by atoms with E-state index in [1.165, 1.54) is 12.1 Å². The molecular formula is C22H24F3NO3. The fourth-order valence-corrected chi connectivity index (χ4v) is 3.90. The van der Waals surface area contributed by atoms with Crippen molar-refractivity contribution in [3.8, 4) is 5.75 Å². The summed E-state index contributed by atoms with van der Waals surface area (Å²) in [6.07, 6.45) is -2.26. The van der Waals surface area contributed by atoms with Crippen LogP contribution < -0.4 is 4.74 Å². The second kappa shape index (κ2) is 8.86. The van der Waals surface area contributed by atoms with Crippen molar-refractivity contribution in [3.63, 3.8) is 0 Å². The molecule has 0 amide bonds. The van der Waals surface area contributed by atoms with E-state index in [1.807, 2.05) is 36.1 Å². The lowest BCUT2D eigenvalue weighted by molar-refractivity contribution is -0.145. The van der Waals surface area contributed by atoms with Crippen LogP contribution in [0, 0.1) is 0 Å². The molecule has 0 aliphatic carbocycles. The van der Waals surface area contributed by atoms with Crippen molar-refractivity contribution in [2.24, 2.45) is 0 Å². The lowest BCUT2D eigenvalue weighted by Gasteiger charge is -2.39. The third-order valence-corrected chi connectivity index (χ3v) is 5.20. The first-order valence-electron chi connectivity index (χ1n) is 9.69. The van der Waals surface area contributed by atoms with Gasteiger partial charge in [0.2, 0.25) is 0 Å². The van der Waals surface area contributed by atoms with E-state index < -0.39 is 29.8 Å². The van der Waals surface area contributed by atoms with E-state index in [0.717, 1.165) is 30.5 Å². The van der Waals surface area contributed by atoms with Gasteiger partial charge in [0, 0.05) is 0 Å². The van der Waals surface area contributed by atoms with Crippen LogP contribution in [-0.2, 0) is 11.0 Å². The summed E-state index contributed by atoms with van der Waals surface area (Å²) in [5.74, 6) is -0.270. The van der Waals surface area contributed by atoms with Crippen molar-refractivity contribution < 1.29 is 27.8 Å². The van der Waals surface area contributed by atoms with Gasteiger partial charge < -0.3 is 9.84 Å². The number of piperidine rings is 1. The molecule has 2 aromatic rings. The zero-order chi connectivity index (χ0) is 21.0. The van der Waals surface area contributed by atoms with Crippen LogP contribution in [0.3, 0.4) is 0 Å². The molecule has 7 heteroatoms. The molecule has 0 saturated carbocycles. The summed E-state index contributed by atoms with van der Waals surface area (Å²) < 4.78 is 44.6. The summed E-state index contributed by atoms with van der Waals surface area (Å²) in [6, 6.07) is 11.1. The molecule has 0 aromatic heterocycles. The highest BCUT2D eigenvalue weighted by Crippen LogP contribution is 2.37. The van der Waals surface area contributed by atoms with Gasteiger partial charge in [-0.2, -0.15) is 13.2 Å². The Bertz CT molecular complexity index is 836. The minimum Gasteiger partial charge on any atom is -0.494 e. The van der Waals surface area contributed by atoms with Crippen molar-refractivity contribution in [3.05, 3.63) is 65.2 Å². The molecule has 2 aromatic carbocycles. The predicted octanol–water partition coefficient (Wildman–Crippen LogP) is 5.13. The minimum atomic E-state index is -4.42. The fourth-order valence-electron chi connectivity index (χ4n) is 3.90. The normalized spacial score (nSPS) is 19.0. The third-order valence-electron chi connectivity index (χ3n) is 5.20. The van der Waals surface area contributed by atoms with Gasteiger partial charge in [0.05, 0.1) is 18.2 Å². The molecule has 2 unspecified atom stereocenters. The quantitative estimate of drug-likeness (QED) is 0.721. The summed E-state index contributed by atoms with van der Waals surface area (Å²) in [5.41, 5.74) is 0.695. The molecule has 3 rings (SSSR count). The SMILES string of the molecule is CCOc1cccc(C(c2ccc(C(F)(F)F)cc2)N2CCCCC2C(=O)O)c1. The second-order valence-electron chi connectivity index (χ2n) is 7.12. The first kappa shape index (κ1) is 21.2. The lowest BCUT2D eigenvalue weighted by atomic mass is 9.91. The molecule has 2 atom stereocenters. The predicted molar refractivity (Wildman–Crippen MR) is 103 cm³/mol. The van der Waals surface area contributed by atoms with Gasteiger partial charge in [0.1, 0.15) is 11.8 Å². The first-order chi connectivity index (χ1) is 13.8. The number of carboxylic acids is 1. The number of halogens is 3. The number of hydrogen-bond acceptors (Lipinski definition) is 3. The van der Waals surface area contributed by atoms with Crippen molar-refractivity contribution >= 4 is 5.97 Å². The van der Waals surface area contributed by atoms with E-state index >= 15 is 0 Å². The number of carboxylic acid groups (broad SMARTS) is 1. The number of rotatable bonds is 6. The van der Waals surface area contributed by atoms with Crippen LogP contribution in [0.5, 0.6) is 5.75 Å². The fraction of sp³-hybridized carbons (Fsp3) is 0.409. The molecule has 29 heavy (non-hydrogen) atoms. The molecule has 156 valence electrons. The molecule has 1 aliphatic rings. The number of likely N-dealkylation sites (tertiary alicyclic amines) is 1. The Morgan fingerprint density at radius 3 is 2.52 bits per heavy atom. The molecule has 1 saturated heterocycles. The standard InChI is InChI=1S/C22H24F3NO3/c1-2-29-18-7-5-6-16(14-18)20(26-13-4-3-8-19(26)21(27)28)15-9-11-17(12-10-15)22(23,24)25/h5-7,9-12,14,19-20H,2-4,8,13H2,1H3,(H,27,28). The number of aliphatic carboxylic acids is 1. The highest BCUT2D eigenvalue weighted by atomic mass is 19.4. The Labute approximate surface area is 167 Å². The van der Waals surface area contributed by atoms with E-state index in [4.69, 9.17) is 4.74 Å². The van der Waals surface area contributed by atoms with Gasteiger partial charge in [-0.3, -0.25) is 9.69 Å². The van der Waals surface area contributed by atoms with E-state index in [1.54, 1.807) is 0 Å². The molecule has 0 radical (unpaired) electrons. The van der Waals surface area contributed by atoms with Crippen LogP contribution in [-0.4, -0.2) is 35.2 Å². The van der Waals surface area contributed by atoms with Crippen molar-refractivity contribution in [1.29, 1.82) is 0 Å². The van der Waals surface area contributed by atoms with Gasteiger partial charge in [0.25, 0.3) is 0 Å². The van der Waals surface area contributed by atoms with Crippen LogP contribution in [0.4, 0.5) is 13.2 Å². The van der Waals surface area contributed by atoms with Crippen molar-refractivity contribution in [2.75, 3.05) is 13.2 Å². The average Bonchev–Trinajstić information content (AvgIpc) is 2.69. The summed E-state index contributed by atoms with van der Waals surface area (Å²) in [7, 11) is 0. The van der Waals surface area contributed by atoms with E-state index in [-0.39, 0.29) is 0 Å². The summed E-state index contributed by atoms with van der Waals surface area (Å²) >= 11 is 0. The van der Waals surface area contributed by atoms with Gasteiger partial charge in [-0.05, 0) is 61.7 Å². The minimum absolute atomic E-state index is 0.473. The molecule has 0 bridgehead atoms. The largest absolute Gasteiger partial charge is 0.494 e. The number of nitrogens with zero attached hydrogens (tertiary/aromatic N) is 1. The topological polar surface area (TPSA) is 49.8 Å². The van der Waals surface area contributed by atoms with Gasteiger partial charge >= 0.3 is 12.1 Å². The zero-order valence-electron chi connectivity index (χ0n) is 16.2. The first-order valence-corrected chi connectivity index (χ1v) is 9.69. The average molecular weight is 407 g/mol. The summed E-state index contributed by atoms with van der Waals surface area (Å²) in [4.78, 5) is 13.7. The Hall–Kier alpha value is -2.54. The maximum absolute atomic E-state index is 13.0. The molecule has 0 spiro atoms. The Morgan fingerprint density at radius 2 is 1.90 bits per heavy atom. The molecule has 1 heterocycles. The van der Waals surface area contributed by atoms with E-state index in [9.17, 15) is 23.1 Å². The zero-order valence-corrected chi connectivity index (χ0v) is 16.2. The lowest BCUT2D eigenvalue weighted by Crippen LogP contribution is -2.46. The number of hydrogen-bond donors (Lipinski definition) is 1. The summed E-state index contributed by atoms with van der Waals surface area (Å²) in [6.45, 7) is 2.91. The number of ether oxygens (including phenoxy) is 1. The molecule has 4 nitrogen and oxygen atoms in total.